The summed E-state index contributed by atoms with van der Waals surface area (Å²) in [6.07, 6.45) is 2.52. The Bertz CT molecular complexity index is 2980. The molecule has 2 aliphatic heterocycles. The Morgan fingerprint density at radius 2 is 0.907 bits per heavy atom. The minimum Gasteiger partial charge on any atom is -0.487 e. The fraction of sp³-hybridized carbons (Fsp3) is 0.587. The number of fused-ring (bicyclic) bond motifs is 5. The molecule has 0 spiro atoms. The molecule has 10 nitrogen and oxygen atoms in total. The van der Waals surface area contributed by atoms with Crippen molar-refractivity contribution >= 4 is 31.6 Å². The molecular formula is C63H92O10S2. The van der Waals surface area contributed by atoms with E-state index in [1.807, 2.05) is 130 Å². The van der Waals surface area contributed by atoms with Crippen LogP contribution in [0.5, 0.6) is 11.5 Å². The molecule has 4 aromatic carbocycles. The van der Waals surface area contributed by atoms with Gasteiger partial charge in [0.2, 0.25) is 0 Å². The molecule has 0 N–H and O–H groups in total. The van der Waals surface area contributed by atoms with Gasteiger partial charge >= 0.3 is 11.9 Å². The molecule has 0 atom stereocenters. The highest BCUT2D eigenvalue weighted by molar-refractivity contribution is 7.93. The summed E-state index contributed by atoms with van der Waals surface area (Å²) < 4.78 is 73.3. The Hall–Kier alpha value is -4.68. The number of sulfone groups is 2. The maximum absolute atomic E-state index is 13.0. The normalized spacial score (nSPS) is 15.9. The summed E-state index contributed by atoms with van der Waals surface area (Å²) in [7, 11) is -6.75. The first-order chi connectivity index (χ1) is 33.7. The number of hydrogen-bond donors (Lipinski definition) is 0. The first-order valence-electron chi connectivity index (χ1n) is 26.4. The van der Waals surface area contributed by atoms with E-state index in [1.165, 1.54) is 22.3 Å². The molecule has 0 bridgehead atoms. The molecule has 1 aliphatic carbocycles. The van der Waals surface area contributed by atoms with Gasteiger partial charge in [0.15, 0.2) is 19.7 Å². The SMILES string of the molecule is CC(C)(C)C(=O)OCC1c2ccccc2-c2ccccc21.CC(C)(C)OC(=O)C(C)(C)C.Cc1c(C)c(S(=O)(=O)C(C)(C)C)c(C)c2c1OC(C)(C)C2.Cc1c(C)c(S(=O)(=O)C(C)(C)C)c(C)c2c1OC(C)(C)CC2. The summed E-state index contributed by atoms with van der Waals surface area (Å²) in [5.41, 5.74) is 10.7. The molecule has 75 heavy (non-hydrogen) atoms. The summed E-state index contributed by atoms with van der Waals surface area (Å²) >= 11 is 0. The van der Waals surface area contributed by atoms with E-state index in [0.717, 1.165) is 75.3 Å². The molecule has 0 aromatic heterocycles. The van der Waals surface area contributed by atoms with Crippen LogP contribution in [0.2, 0.25) is 0 Å². The van der Waals surface area contributed by atoms with Gasteiger partial charge in [-0.3, -0.25) is 9.59 Å². The summed E-state index contributed by atoms with van der Waals surface area (Å²) in [5, 5.41) is 0. The third kappa shape index (κ3) is 13.9. The summed E-state index contributed by atoms with van der Waals surface area (Å²) in [5.74, 6) is 1.61. The largest absolute Gasteiger partial charge is 0.487 e. The average Bonchev–Trinajstić information content (AvgIpc) is 3.76. The summed E-state index contributed by atoms with van der Waals surface area (Å²) in [6.45, 7) is 47.5. The van der Waals surface area contributed by atoms with E-state index in [-0.39, 0.29) is 34.7 Å². The molecule has 7 rings (SSSR count). The van der Waals surface area contributed by atoms with Crippen molar-refractivity contribution in [3.05, 3.63) is 104 Å². The second-order valence-corrected chi connectivity index (χ2v) is 32.3. The van der Waals surface area contributed by atoms with Crippen LogP contribution in [-0.2, 0) is 51.6 Å². The lowest BCUT2D eigenvalue weighted by molar-refractivity contribution is -0.164. The lowest BCUT2D eigenvalue weighted by atomic mass is 9.88. The van der Waals surface area contributed by atoms with Crippen LogP contribution in [0.4, 0.5) is 0 Å². The zero-order valence-corrected chi connectivity index (χ0v) is 52.1. The fourth-order valence-electron chi connectivity index (χ4n) is 9.26. The van der Waals surface area contributed by atoms with Crippen molar-refractivity contribution in [1.82, 2.24) is 0 Å². The number of benzene rings is 4. The molecule has 0 fully saturated rings. The predicted octanol–water partition coefficient (Wildman–Crippen LogP) is 14.9. The van der Waals surface area contributed by atoms with Crippen LogP contribution in [-0.4, -0.2) is 61.7 Å². The van der Waals surface area contributed by atoms with Crippen molar-refractivity contribution in [1.29, 1.82) is 0 Å². The Labute approximate surface area is 453 Å². The predicted molar refractivity (Wildman–Crippen MR) is 306 cm³/mol. The van der Waals surface area contributed by atoms with Crippen LogP contribution in [0, 0.1) is 52.4 Å². The zero-order valence-electron chi connectivity index (χ0n) is 50.4. The molecule has 3 aliphatic rings. The van der Waals surface area contributed by atoms with Crippen molar-refractivity contribution in [2.24, 2.45) is 10.8 Å². The van der Waals surface area contributed by atoms with E-state index in [9.17, 15) is 26.4 Å². The number of hydrogen-bond acceptors (Lipinski definition) is 10. The van der Waals surface area contributed by atoms with E-state index in [0.29, 0.717) is 16.4 Å². The second kappa shape index (κ2) is 21.6. The van der Waals surface area contributed by atoms with Crippen molar-refractivity contribution < 1.29 is 45.4 Å². The molecule has 0 unspecified atom stereocenters. The molecule has 2 heterocycles. The topological polar surface area (TPSA) is 139 Å². The molecular weight excluding hydrogens is 981 g/mol. The number of carbonyl (C=O) groups is 2. The molecule has 416 valence electrons. The van der Waals surface area contributed by atoms with E-state index >= 15 is 0 Å². The molecule has 12 heteroatoms. The van der Waals surface area contributed by atoms with E-state index in [1.54, 1.807) is 41.5 Å². The van der Waals surface area contributed by atoms with Gasteiger partial charge in [-0.2, -0.15) is 0 Å². The number of esters is 2. The van der Waals surface area contributed by atoms with Crippen molar-refractivity contribution in [2.75, 3.05) is 6.61 Å². The minimum atomic E-state index is -3.38. The highest BCUT2D eigenvalue weighted by atomic mass is 32.2. The molecule has 0 saturated carbocycles. The van der Waals surface area contributed by atoms with Gasteiger partial charge in [-0.15, -0.1) is 0 Å². The summed E-state index contributed by atoms with van der Waals surface area (Å²) in [4.78, 5) is 24.3. The van der Waals surface area contributed by atoms with E-state index in [4.69, 9.17) is 18.9 Å². The van der Waals surface area contributed by atoms with Gasteiger partial charge in [0.05, 0.1) is 30.1 Å². The van der Waals surface area contributed by atoms with Gasteiger partial charge < -0.3 is 18.9 Å². The van der Waals surface area contributed by atoms with Crippen molar-refractivity contribution in [3.63, 3.8) is 0 Å². The van der Waals surface area contributed by atoms with Crippen LogP contribution >= 0.6 is 0 Å². The number of carbonyl (C=O) groups excluding carboxylic acids is 2. The van der Waals surface area contributed by atoms with Gasteiger partial charge in [-0.1, -0.05) is 48.5 Å². The van der Waals surface area contributed by atoms with Gasteiger partial charge in [0.25, 0.3) is 0 Å². The second-order valence-electron chi connectivity index (χ2n) is 27.0. The first-order valence-corrected chi connectivity index (χ1v) is 29.4. The Balaban J connectivity index is 0.000000222. The van der Waals surface area contributed by atoms with Gasteiger partial charge in [-0.25, -0.2) is 16.8 Å². The maximum Gasteiger partial charge on any atom is 0.311 e. The summed E-state index contributed by atoms with van der Waals surface area (Å²) in [6, 6.07) is 16.7. The average molecular weight is 1070 g/mol. The van der Waals surface area contributed by atoms with Crippen molar-refractivity contribution in [3.8, 4) is 22.6 Å². The first kappa shape index (κ1) is 62.9. The molecule has 0 radical (unpaired) electrons. The van der Waals surface area contributed by atoms with Crippen molar-refractivity contribution in [2.45, 2.75) is 234 Å². The molecule has 0 saturated heterocycles. The van der Waals surface area contributed by atoms with Gasteiger partial charge in [-0.05, 0) is 247 Å². The number of ether oxygens (including phenoxy) is 4. The smallest absolute Gasteiger partial charge is 0.311 e. The van der Waals surface area contributed by atoms with Crippen LogP contribution in [0.3, 0.4) is 0 Å². The lowest BCUT2D eigenvalue weighted by Gasteiger charge is -2.36. The highest BCUT2D eigenvalue weighted by Crippen LogP contribution is 2.47. The Kier molecular flexibility index (Phi) is 18.1. The monoisotopic (exact) mass is 1070 g/mol. The minimum absolute atomic E-state index is 0.142. The molecule has 0 amide bonds. The Morgan fingerprint density at radius 3 is 1.28 bits per heavy atom. The maximum atomic E-state index is 13.0. The van der Waals surface area contributed by atoms with E-state index < -0.39 is 40.0 Å². The van der Waals surface area contributed by atoms with E-state index in [2.05, 4.69) is 50.2 Å². The van der Waals surface area contributed by atoms with Crippen LogP contribution < -0.4 is 9.47 Å². The third-order valence-corrected chi connectivity index (χ3v) is 19.6. The quantitative estimate of drug-likeness (QED) is 0.181. The van der Waals surface area contributed by atoms with Gasteiger partial charge in [0, 0.05) is 17.9 Å². The zero-order chi connectivity index (χ0) is 57.8. The van der Waals surface area contributed by atoms with Crippen LogP contribution in [0.1, 0.15) is 200 Å². The van der Waals surface area contributed by atoms with Crippen LogP contribution in [0.25, 0.3) is 11.1 Å². The fourth-order valence-corrected chi connectivity index (χ4v) is 12.6. The van der Waals surface area contributed by atoms with Gasteiger partial charge in [0.1, 0.15) is 34.9 Å². The number of rotatable bonds is 4. The molecule has 4 aromatic rings. The Morgan fingerprint density at radius 1 is 0.533 bits per heavy atom. The van der Waals surface area contributed by atoms with Crippen LogP contribution in [0.15, 0.2) is 58.3 Å². The standard InChI is InChI=1S/C19H20O2.C18H28O3S.C17H26O3S.C9H18O2/c1-19(2,3)18(20)21-12-17-15-10-6-4-8-13(15)14-9-5-7-11-16(14)17;1-11-12(2)16(22(19,20)17(4,5)6)13(3)14-9-10-18(7,8)21-15(11)14;1-10-11(2)15(21(18,19)16(4,5)6)12(3)13-9-17(7,8)20-14(10)13;1-8(2,3)7(10)11-9(4,5)6/h4-11,17H,12H2,1-3H3;9-10H2,1-8H3;9H2,1-8H3;1-6H3. The third-order valence-electron chi connectivity index (χ3n) is 14.1. The lowest BCUT2D eigenvalue weighted by Crippen LogP contribution is -2.35. The highest BCUT2D eigenvalue weighted by Gasteiger charge is 2.41.